The van der Waals surface area contributed by atoms with Gasteiger partial charge in [0.1, 0.15) is 0 Å². The standard InChI is InChI=1S/C15H13Cl2NO/c16-12-6-7-15(17)11(8-12)9-14(19)10-18-13-4-2-1-3-5-13/h1-8,18H,9-10H2. The van der Waals surface area contributed by atoms with Crippen molar-refractivity contribution < 1.29 is 4.79 Å². The third-order valence-electron chi connectivity index (χ3n) is 2.66. The third-order valence-corrected chi connectivity index (χ3v) is 3.26. The number of carbonyl (C=O) groups excluding carboxylic acids is 1. The minimum atomic E-state index is 0.0630. The zero-order chi connectivity index (χ0) is 13.7. The van der Waals surface area contributed by atoms with Gasteiger partial charge in [-0.05, 0) is 35.9 Å². The molecule has 0 saturated heterocycles. The lowest BCUT2D eigenvalue weighted by molar-refractivity contribution is -0.116. The van der Waals surface area contributed by atoms with E-state index in [0.717, 1.165) is 11.3 Å². The molecule has 0 aliphatic heterocycles. The molecular weight excluding hydrogens is 281 g/mol. The van der Waals surface area contributed by atoms with Crippen LogP contribution < -0.4 is 5.32 Å². The fraction of sp³-hybridized carbons (Fsp3) is 0.133. The second-order valence-corrected chi connectivity index (χ2v) is 5.01. The van der Waals surface area contributed by atoms with Crippen LogP contribution in [0.4, 0.5) is 5.69 Å². The number of anilines is 1. The maximum Gasteiger partial charge on any atom is 0.156 e. The first kappa shape index (κ1) is 13.9. The zero-order valence-electron chi connectivity index (χ0n) is 10.2. The largest absolute Gasteiger partial charge is 0.378 e. The summed E-state index contributed by atoms with van der Waals surface area (Å²) in [7, 11) is 0. The summed E-state index contributed by atoms with van der Waals surface area (Å²) in [5.41, 5.74) is 1.68. The van der Waals surface area contributed by atoms with Gasteiger partial charge in [0.05, 0.1) is 6.54 Å². The van der Waals surface area contributed by atoms with Crippen molar-refractivity contribution in [2.75, 3.05) is 11.9 Å². The van der Waals surface area contributed by atoms with Gasteiger partial charge in [0.2, 0.25) is 0 Å². The van der Waals surface area contributed by atoms with Crippen molar-refractivity contribution in [3.63, 3.8) is 0 Å². The Bertz CT molecular complexity index is 570. The number of hydrogen-bond acceptors (Lipinski definition) is 2. The van der Waals surface area contributed by atoms with Crippen LogP contribution in [0.15, 0.2) is 48.5 Å². The molecule has 2 aromatic rings. The van der Waals surface area contributed by atoms with Crippen LogP contribution in [0.1, 0.15) is 5.56 Å². The molecule has 0 aliphatic carbocycles. The molecule has 0 amide bonds. The molecule has 1 N–H and O–H groups in total. The van der Waals surface area contributed by atoms with Gasteiger partial charge in [0.15, 0.2) is 5.78 Å². The van der Waals surface area contributed by atoms with Crippen LogP contribution in [-0.2, 0) is 11.2 Å². The van der Waals surface area contributed by atoms with Crippen LogP contribution >= 0.6 is 23.2 Å². The maximum atomic E-state index is 11.9. The summed E-state index contributed by atoms with van der Waals surface area (Å²) < 4.78 is 0. The van der Waals surface area contributed by atoms with E-state index in [4.69, 9.17) is 23.2 Å². The van der Waals surface area contributed by atoms with Crippen molar-refractivity contribution in [2.45, 2.75) is 6.42 Å². The Kier molecular flexibility index (Phi) is 4.83. The van der Waals surface area contributed by atoms with Crippen molar-refractivity contribution in [3.8, 4) is 0 Å². The lowest BCUT2D eigenvalue weighted by Crippen LogP contribution is -2.16. The highest BCUT2D eigenvalue weighted by atomic mass is 35.5. The highest BCUT2D eigenvalue weighted by Crippen LogP contribution is 2.21. The SMILES string of the molecule is O=C(CNc1ccccc1)Cc1cc(Cl)ccc1Cl. The Morgan fingerprint density at radius 2 is 1.79 bits per heavy atom. The Morgan fingerprint density at radius 1 is 1.05 bits per heavy atom. The number of ketones is 1. The Labute approximate surface area is 122 Å². The van der Waals surface area contributed by atoms with E-state index in [1.165, 1.54) is 0 Å². The summed E-state index contributed by atoms with van der Waals surface area (Å²) in [6.07, 6.45) is 0.277. The van der Waals surface area contributed by atoms with Crippen molar-refractivity contribution >= 4 is 34.7 Å². The summed E-state index contributed by atoms with van der Waals surface area (Å²) >= 11 is 11.9. The van der Waals surface area contributed by atoms with Crippen molar-refractivity contribution in [3.05, 3.63) is 64.1 Å². The predicted octanol–water partition coefficient (Wildman–Crippen LogP) is 4.22. The molecule has 2 rings (SSSR count). The molecule has 0 spiro atoms. The number of halogens is 2. The average molecular weight is 294 g/mol. The van der Waals surface area contributed by atoms with Crippen molar-refractivity contribution in [1.29, 1.82) is 0 Å². The second-order valence-electron chi connectivity index (χ2n) is 4.17. The number of Topliss-reactive ketones (excluding diaryl/α,β-unsaturated/α-hetero) is 1. The van der Waals surface area contributed by atoms with Gasteiger partial charge in [0.25, 0.3) is 0 Å². The van der Waals surface area contributed by atoms with E-state index in [2.05, 4.69) is 5.32 Å². The molecule has 0 fully saturated rings. The van der Waals surface area contributed by atoms with E-state index >= 15 is 0 Å². The van der Waals surface area contributed by atoms with E-state index in [1.54, 1.807) is 18.2 Å². The van der Waals surface area contributed by atoms with Crippen LogP contribution in [0.5, 0.6) is 0 Å². The first-order valence-corrected chi connectivity index (χ1v) is 6.65. The molecule has 4 heteroatoms. The first-order valence-electron chi connectivity index (χ1n) is 5.90. The number of carbonyl (C=O) groups is 1. The van der Waals surface area contributed by atoms with E-state index in [1.807, 2.05) is 30.3 Å². The van der Waals surface area contributed by atoms with Crippen LogP contribution in [0.3, 0.4) is 0 Å². The lowest BCUT2D eigenvalue weighted by Gasteiger charge is -2.07. The van der Waals surface area contributed by atoms with Gasteiger partial charge in [-0.25, -0.2) is 0 Å². The number of hydrogen-bond donors (Lipinski definition) is 1. The van der Waals surface area contributed by atoms with Gasteiger partial charge >= 0.3 is 0 Å². The molecular formula is C15H13Cl2NO. The number of rotatable bonds is 5. The molecule has 0 unspecified atom stereocenters. The number of nitrogens with one attached hydrogen (secondary N) is 1. The molecule has 0 aromatic heterocycles. The molecule has 2 nitrogen and oxygen atoms in total. The number of benzene rings is 2. The van der Waals surface area contributed by atoms with Crippen molar-refractivity contribution in [1.82, 2.24) is 0 Å². The molecule has 0 radical (unpaired) electrons. The summed E-state index contributed by atoms with van der Waals surface area (Å²) in [4.78, 5) is 11.9. The third kappa shape index (κ3) is 4.27. The zero-order valence-corrected chi connectivity index (χ0v) is 11.7. The Morgan fingerprint density at radius 3 is 2.53 bits per heavy atom. The molecule has 0 heterocycles. The van der Waals surface area contributed by atoms with E-state index in [-0.39, 0.29) is 18.7 Å². The highest BCUT2D eigenvalue weighted by Gasteiger charge is 2.07. The minimum absolute atomic E-state index is 0.0630. The minimum Gasteiger partial charge on any atom is -0.378 e. The topological polar surface area (TPSA) is 29.1 Å². The van der Waals surface area contributed by atoms with Crippen molar-refractivity contribution in [2.24, 2.45) is 0 Å². The van der Waals surface area contributed by atoms with Gasteiger partial charge in [-0.15, -0.1) is 0 Å². The fourth-order valence-electron chi connectivity index (χ4n) is 1.71. The molecule has 2 aromatic carbocycles. The lowest BCUT2D eigenvalue weighted by atomic mass is 10.1. The monoisotopic (exact) mass is 293 g/mol. The smallest absolute Gasteiger partial charge is 0.156 e. The van der Waals surface area contributed by atoms with E-state index in [9.17, 15) is 4.79 Å². The summed E-state index contributed by atoms with van der Waals surface area (Å²) in [5.74, 6) is 0.0630. The second kappa shape index (κ2) is 6.60. The average Bonchev–Trinajstić information content (AvgIpc) is 2.42. The van der Waals surface area contributed by atoms with E-state index in [0.29, 0.717) is 10.0 Å². The van der Waals surface area contributed by atoms with Crippen LogP contribution in [0.25, 0.3) is 0 Å². The van der Waals surface area contributed by atoms with E-state index < -0.39 is 0 Å². The highest BCUT2D eigenvalue weighted by molar-refractivity contribution is 6.33. The number of para-hydroxylation sites is 1. The van der Waals surface area contributed by atoms with Gasteiger partial charge in [-0.2, -0.15) is 0 Å². The molecule has 0 atom stereocenters. The van der Waals surface area contributed by atoms with Crippen LogP contribution in [0, 0.1) is 0 Å². The summed E-state index contributed by atoms with van der Waals surface area (Å²) in [5, 5.41) is 4.23. The van der Waals surface area contributed by atoms with Crippen LogP contribution in [-0.4, -0.2) is 12.3 Å². The van der Waals surface area contributed by atoms with Crippen LogP contribution in [0.2, 0.25) is 10.0 Å². The quantitative estimate of drug-likeness (QED) is 0.894. The van der Waals surface area contributed by atoms with Gasteiger partial charge in [0, 0.05) is 22.2 Å². The van der Waals surface area contributed by atoms with Gasteiger partial charge < -0.3 is 5.32 Å². The molecule has 0 aliphatic rings. The Balaban J connectivity index is 1.93. The first-order chi connectivity index (χ1) is 9.15. The van der Waals surface area contributed by atoms with Gasteiger partial charge in [-0.3, -0.25) is 4.79 Å². The molecule has 0 bridgehead atoms. The summed E-state index contributed by atoms with van der Waals surface area (Å²) in [6.45, 7) is 0.271. The normalized spacial score (nSPS) is 10.2. The fourth-order valence-corrected chi connectivity index (χ4v) is 2.09. The molecule has 19 heavy (non-hydrogen) atoms. The Hall–Kier alpha value is -1.51. The summed E-state index contributed by atoms with van der Waals surface area (Å²) in [6, 6.07) is 14.7. The molecule has 98 valence electrons. The van der Waals surface area contributed by atoms with Gasteiger partial charge in [-0.1, -0.05) is 41.4 Å². The maximum absolute atomic E-state index is 11.9. The molecule has 0 saturated carbocycles. The predicted molar refractivity (Wildman–Crippen MR) is 80.1 cm³/mol.